The van der Waals surface area contributed by atoms with Crippen molar-refractivity contribution in [2.45, 2.75) is 58.3 Å². The Hall–Kier alpha value is -0.660. The zero-order valence-electron chi connectivity index (χ0n) is 12.1. The molecule has 0 saturated carbocycles. The van der Waals surface area contributed by atoms with Crippen molar-refractivity contribution in [3.63, 3.8) is 0 Å². The normalized spacial score (nSPS) is 11.3. The van der Waals surface area contributed by atoms with Crippen LogP contribution in [0.5, 0.6) is 0 Å². The van der Waals surface area contributed by atoms with Crippen molar-refractivity contribution in [1.29, 1.82) is 0 Å². The van der Waals surface area contributed by atoms with Crippen molar-refractivity contribution in [2.75, 3.05) is 0 Å². The van der Waals surface area contributed by atoms with E-state index in [1.165, 1.54) is 55.9 Å². The lowest BCUT2D eigenvalue weighted by molar-refractivity contribution is 0.590. The van der Waals surface area contributed by atoms with Crippen LogP contribution in [0.4, 0.5) is 0 Å². The van der Waals surface area contributed by atoms with E-state index in [9.17, 15) is 0 Å². The van der Waals surface area contributed by atoms with E-state index in [4.69, 9.17) is 23.2 Å². The number of unbranched alkanes of at least 4 members (excludes halogenated alkanes) is 6. The number of H-pyrrole nitrogens is 1. The van der Waals surface area contributed by atoms with Crippen LogP contribution < -0.4 is 0 Å². The molecule has 0 bridgehead atoms. The molecule has 1 N–H and O–H groups in total. The van der Waals surface area contributed by atoms with Crippen LogP contribution >= 0.6 is 23.2 Å². The molecular weight excluding hydrogens is 289 g/mol. The SMILES string of the molecule is CCCCCCCCCc1c[nH]c2c(Cl)cc(Cl)cc12. The third kappa shape index (κ3) is 4.17. The van der Waals surface area contributed by atoms with Crippen molar-refractivity contribution < 1.29 is 0 Å². The largest absolute Gasteiger partial charge is 0.360 e. The Morgan fingerprint density at radius 1 is 0.950 bits per heavy atom. The maximum Gasteiger partial charge on any atom is 0.0661 e. The molecule has 0 atom stereocenters. The van der Waals surface area contributed by atoms with Gasteiger partial charge in [0.1, 0.15) is 0 Å². The van der Waals surface area contributed by atoms with Gasteiger partial charge in [-0.25, -0.2) is 0 Å². The highest BCUT2D eigenvalue weighted by Crippen LogP contribution is 2.30. The van der Waals surface area contributed by atoms with E-state index >= 15 is 0 Å². The number of aromatic nitrogens is 1. The predicted molar refractivity (Wildman–Crippen MR) is 90.0 cm³/mol. The van der Waals surface area contributed by atoms with Crippen LogP contribution in [0.3, 0.4) is 0 Å². The van der Waals surface area contributed by atoms with Crippen LogP contribution in [0.15, 0.2) is 18.3 Å². The number of benzene rings is 1. The Morgan fingerprint density at radius 3 is 2.40 bits per heavy atom. The van der Waals surface area contributed by atoms with Crippen molar-refractivity contribution in [1.82, 2.24) is 4.98 Å². The zero-order chi connectivity index (χ0) is 14.4. The van der Waals surface area contributed by atoms with Gasteiger partial charge < -0.3 is 4.98 Å². The van der Waals surface area contributed by atoms with Gasteiger partial charge in [0.05, 0.1) is 10.5 Å². The fraction of sp³-hybridized carbons (Fsp3) is 0.529. The first-order valence-corrected chi connectivity index (χ1v) is 8.43. The smallest absolute Gasteiger partial charge is 0.0661 e. The van der Waals surface area contributed by atoms with E-state index < -0.39 is 0 Å². The van der Waals surface area contributed by atoms with E-state index in [2.05, 4.69) is 18.1 Å². The summed E-state index contributed by atoms with van der Waals surface area (Å²) < 4.78 is 0. The lowest BCUT2D eigenvalue weighted by Crippen LogP contribution is -1.85. The summed E-state index contributed by atoms with van der Waals surface area (Å²) in [6.45, 7) is 2.26. The van der Waals surface area contributed by atoms with Crippen LogP contribution in [0, 0.1) is 0 Å². The molecule has 0 radical (unpaired) electrons. The van der Waals surface area contributed by atoms with Gasteiger partial charge in [-0.1, -0.05) is 68.7 Å². The standard InChI is InChI=1S/C17H23Cl2N/c1-2-3-4-5-6-7-8-9-13-12-20-17-15(13)10-14(18)11-16(17)19/h10-12,20H,2-9H2,1H3. The molecule has 0 fully saturated rings. The number of nitrogens with one attached hydrogen (secondary N) is 1. The molecule has 3 heteroatoms. The van der Waals surface area contributed by atoms with Crippen molar-refractivity contribution in [3.05, 3.63) is 33.9 Å². The van der Waals surface area contributed by atoms with E-state index in [1.54, 1.807) is 6.07 Å². The number of rotatable bonds is 8. The maximum absolute atomic E-state index is 6.19. The van der Waals surface area contributed by atoms with Gasteiger partial charge in [0.15, 0.2) is 0 Å². The highest BCUT2D eigenvalue weighted by atomic mass is 35.5. The molecule has 0 aliphatic rings. The van der Waals surface area contributed by atoms with Gasteiger partial charge in [0, 0.05) is 16.6 Å². The summed E-state index contributed by atoms with van der Waals surface area (Å²) in [5.41, 5.74) is 2.34. The second-order valence-electron chi connectivity index (χ2n) is 5.50. The van der Waals surface area contributed by atoms with Gasteiger partial charge >= 0.3 is 0 Å². The highest BCUT2D eigenvalue weighted by Gasteiger charge is 2.08. The van der Waals surface area contributed by atoms with Gasteiger partial charge in [-0.3, -0.25) is 0 Å². The van der Waals surface area contributed by atoms with Crippen LogP contribution in [0.2, 0.25) is 10.0 Å². The molecule has 110 valence electrons. The first kappa shape index (κ1) is 15.7. The second-order valence-corrected chi connectivity index (χ2v) is 6.34. The summed E-state index contributed by atoms with van der Waals surface area (Å²) in [6, 6.07) is 3.80. The number of halogens is 2. The lowest BCUT2D eigenvalue weighted by atomic mass is 10.0. The molecule has 2 aromatic rings. The summed E-state index contributed by atoms with van der Waals surface area (Å²) in [7, 11) is 0. The molecule has 0 amide bonds. The van der Waals surface area contributed by atoms with E-state index in [0.717, 1.165) is 11.9 Å². The third-order valence-electron chi connectivity index (χ3n) is 3.84. The summed E-state index contributed by atoms with van der Waals surface area (Å²) in [5, 5.41) is 2.59. The van der Waals surface area contributed by atoms with Crippen LogP contribution in [0.25, 0.3) is 10.9 Å². The molecule has 1 nitrogen and oxygen atoms in total. The number of aromatic amines is 1. The molecule has 0 aliphatic carbocycles. The van der Waals surface area contributed by atoms with Crippen LogP contribution in [-0.4, -0.2) is 4.98 Å². The number of aryl methyl sites for hydroxylation is 1. The first-order chi connectivity index (χ1) is 9.72. The fourth-order valence-electron chi connectivity index (χ4n) is 2.69. The number of hydrogen-bond acceptors (Lipinski definition) is 0. The molecule has 1 aromatic heterocycles. The topological polar surface area (TPSA) is 15.8 Å². The van der Waals surface area contributed by atoms with Gasteiger partial charge in [0.25, 0.3) is 0 Å². The minimum atomic E-state index is 0.707. The maximum atomic E-state index is 6.19. The summed E-state index contributed by atoms with van der Waals surface area (Å²) in [6.07, 6.45) is 12.5. The number of fused-ring (bicyclic) bond motifs is 1. The minimum absolute atomic E-state index is 0.707. The Morgan fingerprint density at radius 2 is 1.65 bits per heavy atom. The first-order valence-electron chi connectivity index (χ1n) is 7.67. The molecule has 0 spiro atoms. The summed E-state index contributed by atoms with van der Waals surface area (Å²) in [4.78, 5) is 3.26. The zero-order valence-corrected chi connectivity index (χ0v) is 13.7. The van der Waals surface area contributed by atoms with Crippen molar-refractivity contribution >= 4 is 34.1 Å². The average Bonchev–Trinajstić information content (AvgIpc) is 2.81. The van der Waals surface area contributed by atoms with Gasteiger partial charge in [-0.2, -0.15) is 0 Å². The Bertz CT molecular complexity index is 545. The minimum Gasteiger partial charge on any atom is -0.360 e. The third-order valence-corrected chi connectivity index (χ3v) is 4.36. The van der Waals surface area contributed by atoms with Crippen molar-refractivity contribution in [2.24, 2.45) is 0 Å². The van der Waals surface area contributed by atoms with Gasteiger partial charge in [0.2, 0.25) is 0 Å². The molecule has 20 heavy (non-hydrogen) atoms. The van der Waals surface area contributed by atoms with E-state index in [1.807, 2.05) is 6.07 Å². The van der Waals surface area contributed by atoms with Gasteiger partial charge in [-0.15, -0.1) is 0 Å². The van der Waals surface area contributed by atoms with Crippen molar-refractivity contribution in [3.8, 4) is 0 Å². The number of hydrogen-bond donors (Lipinski definition) is 1. The predicted octanol–water partition coefficient (Wildman–Crippen LogP) is 6.77. The van der Waals surface area contributed by atoms with E-state index in [0.29, 0.717) is 10.0 Å². The molecule has 1 heterocycles. The Balaban J connectivity index is 1.84. The van der Waals surface area contributed by atoms with Crippen LogP contribution in [0.1, 0.15) is 57.4 Å². The Labute approximate surface area is 131 Å². The van der Waals surface area contributed by atoms with E-state index in [-0.39, 0.29) is 0 Å². The molecule has 0 aliphatic heterocycles. The molecule has 0 unspecified atom stereocenters. The summed E-state index contributed by atoms with van der Waals surface area (Å²) in [5.74, 6) is 0. The molecule has 1 aromatic carbocycles. The fourth-order valence-corrected chi connectivity index (χ4v) is 3.24. The summed E-state index contributed by atoms with van der Waals surface area (Å²) >= 11 is 12.3. The quantitative estimate of drug-likeness (QED) is 0.518. The molecule has 2 rings (SSSR count). The van der Waals surface area contributed by atoms with Gasteiger partial charge in [-0.05, 0) is 30.5 Å². The lowest BCUT2D eigenvalue weighted by Gasteiger charge is -2.02. The monoisotopic (exact) mass is 311 g/mol. The molecular formula is C17H23Cl2N. The van der Waals surface area contributed by atoms with Crippen LogP contribution in [-0.2, 0) is 6.42 Å². The average molecular weight is 312 g/mol. The Kier molecular flexibility index (Phi) is 6.25. The second kappa shape index (κ2) is 7.95. The molecule has 0 saturated heterocycles. The highest BCUT2D eigenvalue weighted by molar-refractivity contribution is 6.38.